The van der Waals surface area contributed by atoms with Gasteiger partial charge in [0.2, 0.25) is 0 Å². The molecular weight excluding hydrogens is 623 g/mol. The Balaban J connectivity index is 0.000000155. The molecule has 0 aliphatic carbocycles. The Labute approximate surface area is 264 Å². The molecule has 0 aromatic heterocycles. The van der Waals surface area contributed by atoms with Crippen molar-refractivity contribution < 1.29 is 23.3 Å². The van der Waals surface area contributed by atoms with Gasteiger partial charge in [0, 0.05) is 0 Å². The van der Waals surface area contributed by atoms with E-state index in [0.717, 1.165) is 12.8 Å². The molecule has 6 aromatic carbocycles. The number of aryl methyl sites for hydroxylation is 2. The molecule has 40 heavy (non-hydrogen) atoms. The van der Waals surface area contributed by atoms with Crippen molar-refractivity contribution in [3.05, 3.63) is 132 Å². The first-order chi connectivity index (χ1) is 19.4. The van der Waals surface area contributed by atoms with Crippen LogP contribution in [-0.2, 0) is 36.2 Å². The van der Waals surface area contributed by atoms with Gasteiger partial charge in [-0.05, 0) is 24.0 Å². The molecule has 0 fully saturated rings. The van der Waals surface area contributed by atoms with Crippen molar-refractivity contribution in [2.75, 3.05) is 0 Å². The third-order valence-corrected chi connectivity index (χ3v) is 14.4. The van der Waals surface area contributed by atoms with E-state index < -0.39 is 0 Å². The first-order valence-corrected chi connectivity index (χ1v) is 20.4. The molecule has 0 spiro atoms. The van der Waals surface area contributed by atoms with Gasteiger partial charge in [-0.1, -0.05) is 97.8 Å². The van der Waals surface area contributed by atoms with Crippen molar-refractivity contribution in [3.63, 3.8) is 0 Å². The number of hydrogen-bond donors (Lipinski definition) is 0. The minimum absolute atomic E-state index is 0.0619. The second kappa shape index (κ2) is 15.1. The molecule has 0 amide bonds. The van der Waals surface area contributed by atoms with E-state index in [-0.39, 0.29) is 9.89 Å². The maximum absolute atomic E-state index is 5.45. The Kier molecular flexibility index (Phi) is 11.6. The van der Waals surface area contributed by atoms with Crippen LogP contribution in [0.1, 0.15) is 25.0 Å². The summed E-state index contributed by atoms with van der Waals surface area (Å²) < 4.78 is -0.0619. The minimum atomic E-state index is -0.331. The second-order valence-electron chi connectivity index (χ2n) is 9.77. The van der Waals surface area contributed by atoms with Gasteiger partial charge < -0.3 is 0 Å². The fourth-order valence-corrected chi connectivity index (χ4v) is 4.74. The molecule has 6 rings (SSSR count). The van der Waals surface area contributed by atoms with Gasteiger partial charge in [-0.25, -0.2) is 0 Å². The number of rotatable bonds is 5. The van der Waals surface area contributed by atoms with E-state index in [1.54, 1.807) is 0 Å². The molecule has 0 aliphatic rings. The van der Waals surface area contributed by atoms with Crippen molar-refractivity contribution in [2.45, 2.75) is 37.7 Å². The van der Waals surface area contributed by atoms with Crippen LogP contribution >= 0.6 is 23.2 Å². The molecule has 4 heteroatoms. The average molecular weight is 657 g/mol. The van der Waals surface area contributed by atoms with E-state index in [1.165, 1.54) is 78.3 Å². The Bertz CT molecular complexity index is 1550. The van der Waals surface area contributed by atoms with Crippen LogP contribution in [0.4, 0.5) is 0 Å². The molecule has 0 nitrogen and oxygen atoms in total. The van der Waals surface area contributed by atoms with E-state index in [4.69, 9.17) is 23.2 Å². The van der Waals surface area contributed by atoms with Gasteiger partial charge in [-0.2, -0.15) is 12.1 Å². The quantitative estimate of drug-likeness (QED) is 0.0984. The Morgan fingerprint density at radius 1 is 0.625 bits per heavy atom. The van der Waals surface area contributed by atoms with E-state index in [9.17, 15) is 0 Å². The zero-order chi connectivity index (χ0) is 28.5. The van der Waals surface area contributed by atoms with E-state index in [0.29, 0.717) is 0 Å². The standard InChI is InChI=1S/2C17H15.C2H4Cl2Si.Zr/c2*1-2-13-11-15-9-6-10-16(17(15)12-13)14-7-4-3-5-8-14;1-5-2(3)4;/h2*3-12H,2H2,1H3;2H,1H3;/q2*-1;;+2. The van der Waals surface area contributed by atoms with Gasteiger partial charge in [-0.3, -0.25) is 0 Å². The van der Waals surface area contributed by atoms with Crippen molar-refractivity contribution in [1.29, 1.82) is 0 Å². The monoisotopic (exact) mass is 654 g/mol. The van der Waals surface area contributed by atoms with Gasteiger partial charge in [0.25, 0.3) is 0 Å². The van der Waals surface area contributed by atoms with Crippen LogP contribution in [-0.4, -0.2) is 9.89 Å². The summed E-state index contributed by atoms with van der Waals surface area (Å²) in [4.78, 5) is 0. The van der Waals surface area contributed by atoms with Crippen LogP contribution in [0.2, 0.25) is 6.55 Å². The molecule has 0 saturated carbocycles. The maximum atomic E-state index is 5.45. The van der Waals surface area contributed by atoms with Crippen molar-refractivity contribution >= 4 is 50.2 Å². The zero-order valence-corrected chi connectivity index (χ0v) is 28.3. The Morgan fingerprint density at radius 3 is 1.32 bits per heavy atom. The number of benzene rings is 4. The van der Waals surface area contributed by atoms with Gasteiger partial charge in [-0.15, -0.1) is 69.1 Å². The molecule has 0 heterocycles. The third-order valence-electron chi connectivity index (χ3n) is 6.93. The van der Waals surface area contributed by atoms with Crippen LogP contribution in [0, 0.1) is 0 Å². The van der Waals surface area contributed by atoms with Gasteiger partial charge >= 0.3 is 63.0 Å². The predicted octanol–water partition coefficient (Wildman–Crippen LogP) is 11.1. The summed E-state index contributed by atoms with van der Waals surface area (Å²) in [5.41, 5.74) is 7.78. The fraction of sp³-hybridized carbons (Fsp3) is 0.167. The SMILES string of the molecule is CCc1cc2c(-c3ccccc3)cccc2[cH-]1.CCc1cc2c(-c3ccccc3)cccc2[cH-]1.C[Si](=[Zr+2])C(Cl)Cl. The average Bonchev–Trinajstić information content (AvgIpc) is 3.62. The molecule has 0 saturated heterocycles. The topological polar surface area (TPSA) is 0 Å². The molecule has 6 aromatic rings. The molecule has 0 aliphatic heterocycles. The summed E-state index contributed by atoms with van der Waals surface area (Å²) in [6, 6.07) is 43.5. The first kappa shape index (κ1) is 30.7. The van der Waals surface area contributed by atoms with E-state index >= 15 is 0 Å². The van der Waals surface area contributed by atoms with Crippen LogP contribution < -0.4 is 0 Å². The molecule has 0 radical (unpaired) electrons. The molecule has 0 N–H and O–H groups in total. The third kappa shape index (κ3) is 7.95. The molecule has 0 bridgehead atoms. The van der Waals surface area contributed by atoms with Crippen LogP contribution in [0.25, 0.3) is 43.8 Å². The normalized spacial score (nSPS) is 10.7. The Morgan fingerprint density at radius 2 is 1.00 bits per heavy atom. The summed E-state index contributed by atoms with van der Waals surface area (Å²) in [5.74, 6) is 0. The Hall–Kier alpha value is -2.22. The first-order valence-electron chi connectivity index (χ1n) is 13.7. The fourth-order valence-electron chi connectivity index (χ4n) is 4.74. The van der Waals surface area contributed by atoms with Crippen LogP contribution in [0.3, 0.4) is 0 Å². The van der Waals surface area contributed by atoms with Gasteiger partial charge in [0.15, 0.2) is 0 Å². The summed E-state index contributed by atoms with van der Waals surface area (Å²) in [5, 5.41) is 5.44. The number of halogens is 2. The predicted molar refractivity (Wildman–Crippen MR) is 176 cm³/mol. The van der Waals surface area contributed by atoms with Crippen molar-refractivity contribution in [1.82, 2.24) is 0 Å². The zero-order valence-electron chi connectivity index (χ0n) is 23.3. The van der Waals surface area contributed by atoms with Crippen LogP contribution in [0.5, 0.6) is 0 Å². The molecular formula is C36H34Cl2SiZr. The number of alkyl halides is 2. The summed E-state index contributed by atoms with van der Waals surface area (Å²) in [6.45, 7) is 6.53. The molecule has 200 valence electrons. The van der Waals surface area contributed by atoms with E-state index in [1.807, 2.05) is 0 Å². The van der Waals surface area contributed by atoms with Crippen molar-refractivity contribution in [2.24, 2.45) is 0 Å². The van der Waals surface area contributed by atoms with Gasteiger partial charge in [0.05, 0.1) is 0 Å². The second-order valence-corrected chi connectivity index (χ2v) is 19.4. The summed E-state index contributed by atoms with van der Waals surface area (Å²) in [6.07, 6.45) is 2.20. The summed E-state index contributed by atoms with van der Waals surface area (Å²) >= 11 is 12.4. The van der Waals surface area contributed by atoms with E-state index in [2.05, 4.69) is 142 Å². The summed E-state index contributed by atoms with van der Waals surface area (Å²) in [7, 11) is 0. The van der Waals surface area contributed by atoms with Gasteiger partial charge in [0.1, 0.15) is 0 Å². The van der Waals surface area contributed by atoms with Crippen LogP contribution in [0.15, 0.2) is 121 Å². The number of hydrogen-bond acceptors (Lipinski definition) is 0. The molecule has 0 unspecified atom stereocenters. The molecule has 0 atom stereocenters. The number of fused-ring (bicyclic) bond motifs is 2. The van der Waals surface area contributed by atoms with Crippen molar-refractivity contribution in [3.8, 4) is 22.3 Å².